The Morgan fingerprint density at radius 2 is 1.70 bits per heavy atom. The minimum Gasteiger partial charge on any atom is -0.492 e. The predicted molar refractivity (Wildman–Crippen MR) is 141 cm³/mol. The van der Waals surface area contributed by atoms with Crippen molar-refractivity contribution in [1.29, 1.82) is 0 Å². The maximum atomic E-state index is 14.2. The molecule has 1 unspecified atom stereocenters. The highest BCUT2D eigenvalue weighted by Crippen LogP contribution is 2.47. The van der Waals surface area contributed by atoms with Gasteiger partial charge in [-0.05, 0) is 52.8 Å². The molecule has 0 saturated heterocycles. The van der Waals surface area contributed by atoms with E-state index in [-0.39, 0.29) is 23.9 Å². The van der Waals surface area contributed by atoms with Crippen LogP contribution in [0, 0.1) is 0 Å². The highest BCUT2D eigenvalue weighted by atomic mass is 19.4. The van der Waals surface area contributed by atoms with Crippen LogP contribution < -0.4 is 9.47 Å². The number of nitrogens with zero attached hydrogens (tertiary/aromatic N) is 2. The summed E-state index contributed by atoms with van der Waals surface area (Å²) in [6.07, 6.45) is 1.07. The van der Waals surface area contributed by atoms with Gasteiger partial charge in [-0.25, -0.2) is 9.97 Å². The number of ether oxygens (including phenoxy) is 3. The molecule has 40 heavy (non-hydrogen) atoms. The molecule has 2 aliphatic rings. The molecule has 6 nitrogen and oxygen atoms in total. The van der Waals surface area contributed by atoms with E-state index < -0.39 is 17.8 Å². The normalized spacial score (nSPS) is 17.6. The predicted octanol–water partition coefficient (Wildman–Crippen LogP) is 6.93. The number of halogens is 3. The van der Waals surface area contributed by atoms with Crippen molar-refractivity contribution in [3.63, 3.8) is 0 Å². The lowest BCUT2D eigenvalue weighted by atomic mass is 9.90. The van der Waals surface area contributed by atoms with Crippen LogP contribution in [0.5, 0.6) is 11.5 Å². The summed E-state index contributed by atoms with van der Waals surface area (Å²) in [5.41, 5.74) is 3.92. The Labute approximate surface area is 228 Å². The van der Waals surface area contributed by atoms with Gasteiger partial charge in [0.2, 0.25) is 0 Å². The SMILES string of the molecule is COC(=O)C[C@@H]1COc2cc(OC3CCc4c3ccc(C(F)(F)F)c4-c3ccc(-c4cncnc4)cc3)ccc21. The summed E-state index contributed by atoms with van der Waals surface area (Å²) in [4.78, 5) is 19.7. The Morgan fingerprint density at radius 3 is 2.42 bits per heavy atom. The topological polar surface area (TPSA) is 70.5 Å². The van der Waals surface area contributed by atoms with Gasteiger partial charge >= 0.3 is 12.1 Å². The molecule has 2 atom stereocenters. The number of hydrogen-bond acceptors (Lipinski definition) is 6. The highest BCUT2D eigenvalue weighted by molar-refractivity contribution is 5.76. The van der Waals surface area contributed by atoms with E-state index in [0.717, 1.165) is 28.3 Å². The van der Waals surface area contributed by atoms with Crippen LogP contribution in [0.15, 0.2) is 73.3 Å². The standard InChI is InChI=1S/C31H25F3N2O4/c1-38-29(37)12-20-16-39-28-13-22(6-7-23(20)28)40-27-11-9-25-24(27)8-10-26(31(32,33)34)30(25)19-4-2-18(3-5-19)21-14-35-17-36-15-21/h2-8,10,13-15,17,20,27H,9,11-12,16H2,1H3/t20-,27?/m1/s1. The van der Waals surface area contributed by atoms with Crippen LogP contribution in [0.2, 0.25) is 0 Å². The minimum absolute atomic E-state index is 0.0899. The number of hydrogen-bond donors (Lipinski definition) is 0. The van der Waals surface area contributed by atoms with Crippen molar-refractivity contribution in [2.24, 2.45) is 0 Å². The molecule has 4 aromatic rings. The zero-order valence-electron chi connectivity index (χ0n) is 21.6. The lowest BCUT2D eigenvalue weighted by Gasteiger charge is -2.20. The van der Waals surface area contributed by atoms with E-state index in [1.54, 1.807) is 42.7 Å². The molecule has 0 saturated carbocycles. The van der Waals surface area contributed by atoms with Crippen LogP contribution in [0.25, 0.3) is 22.3 Å². The van der Waals surface area contributed by atoms with Crippen LogP contribution in [-0.4, -0.2) is 29.7 Å². The fraction of sp³-hybridized carbons (Fsp3) is 0.258. The van der Waals surface area contributed by atoms with Gasteiger partial charge in [0.1, 0.15) is 23.9 Å². The van der Waals surface area contributed by atoms with Crippen molar-refractivity contribution in [1.82, 2.24) is 9.97 Å². The molecule has 1 aliphatic heterocycles. The summed E-state index contributed by atoms with van der Waals surface area (Å²) in [6, 6.07) is 15.1. The number of methoxy groups -OCH3 is 1. The summed E-state index contributed by atoms with van der Waals surface area (Å²) < 4.78 is 59.3. The molecule has 6 rings (SSSR count). The summed E-state index contributed by atoms with van der Waals surface area (Å²) in [5, 5.41) is 0. The van der Waals surface area contributed by atoms with Crippen LogP contribution in [-0.2, 0) is 22.1 Å². The van der Waals surface area contributed by atoms with Gasteiger partial charge in [-0.3, -0.25) is 4.79 Å². The number of fused-ring (bicyclic) bond motifs is 2. The van der Waals surface area contributed by atoms with Crippen LogP contribution in [0.1, 0.15) is 47.1 Å². The van der Waals surface area contributed by atoms with E-state index in [9.17, 15) is 18.0 Å². The van der Waals surface area contributed by atoms with Gasteiger partial charge < -0.3 is 14.2 Å². The second-order valence-electron chi connectivity index (χ2n) is 9.89. The summed E-state index contributed by atoms with van der Waals surface area (Å²) in [5.74, 6) is 0.808. The first-order valence-electron chi connectivity index (χ1n) is 12.9. The molecule has 204 valence electrons. The molecule has 0 bridgehead atoms. The molecule has 0 spiro atoms. The Bertz CT molecular complexity index is 1560. The third kappa shape index (κ3) is 4.87. The Kier molecular flexibility index (Phi) is 6.65. The molecule has 0 amide bonds. The fourth-order valence-electron chi connectivity index (χ4n) is 5.58. The smallest absolute Gasteiger partial charge is 0.417 e. The maximum Gasteiger partial charge on any atom is 0.417 e. The van der Waals surface area contributed by atoms with Crippen LogP contribution in [0.3, 0.4) is 0 Å². The maximum absolute atomic E-state index is 14.2. The number of benzene rings is 3. The minimum atomic E-state index is -4.51. The highest BCUT2D eigenvalue weighted by Gasteiger charge is 2.38. The number of esters is 1. The Balaban J connectivity index is 1.30. The molecule has 9 heteroatoms. The van der Waals surface area contributed by atoms with Crippen molar-refractivity contribution < 1.29 is 32.2 Å². The number of aromatic nitrogens is 2. The first kappa shape index (κ1) is 25.9. The molecular formula is C31H25F3N2O4. The van der Waals surface area contributed by atoms with Crippen LogP contribution in [0.4, 0.5) is 13.2 Å². The summed E-state index contributed by atoms with van der Waals surface area (Å²) in [6.45, 7) is 0.375. The lowest BCUT2D eigenvalue weighted by molar-refractivity contribution is -0.141. The van der Waals surface area contributed by atoms with Crippen molar-refractivity contribution >= 4 is 5.97 Å². The van der Waals surface area contributed by atoms with Crippen molar-refractivity contribution in [3.05, 3.63) is 95.6 Å². The zero-order chi connectivity index (χ0) is 27.9. The van der Waals surface area contributed by atoms with Gasteiger partial charge in [-0.2, -0.15) is 13.2 Å². The van der Waals surface area contributed by atoms with Gasteiger partial charge in [0.25, 0.3) is 0 Å². The van der Waals surface area contributed by atoms with E-state index in [2.05, 4.69) is 9.97 Å². The largest absolute Gasteiger partial charge is 0.492 e. The molecule has 1 aromatic heterocycles. The quantitative estimate of drug-likeness (QED) is 0.244. The van der Waals surface area contributed by atoms with Gasteiger partial charge in [0, 0.05) is 35.5 Å². The van der Waals surface area contributed by atoms with E-state index in [1.807, 2.05) is 12.1 Å². The fourth-order valence-corrected chi connectivity index (χ4v) is 5.58. The third-order valence-corrected chi connectivity index (χ3v) is 7.51. The average molecular weight is 547 g/mol. The van der Waals surface area contributed by atoms with E-state index in [4.69, 9.17) is 14.2 Å². The van der Waals surface area contributed by atoms with Crippen molar-refractivity contribution in [2.75, 3.05) is 13.7 Å². The van der Waals surface area contributed by atoms with Crippen LogP contribution >= 0.6 is 0 Å². The zero-order valence-corrected chi connectivity index (χ0v) is 21.6. The van der Waals surface area contributed by atoms with Gasteiger partial charge in [-0.1, -0.05) is 36.4 Å². The van der Waals surface area contributed by atoms with E-state index in [1.165, 1.54) is 19.5 Å². The van der Waals surface area contributed by atoms with Gasteiger partial charge in [0.05, 0.1) is 25.7 Å². The molecule has 3 aromatic carbocycles. The van der Waals surface area contributed by atoms with Crippen molar-refractivity contribution in [2.45, 2.75) is 37.5 Å². The Morgan fingerprint density at radius 1 is 0.975 bits per heavy atom. The first-order valence-corrected chi connectivity index (χ1v) is 12.9. The molecule has 0 radical (unpaired) electrons. The summed E-state index contributed by atoms with van der Waals surface area (Å²) >= 11 is 0. The first-order chi connectivity index (χ1) is 19.3. The van der Waals surface area contributed by atoms with Gasteiger partial charge in [-0.15, -0.1) is 0 Å². The number of carbonyl (C=O) groups is 1. The van der Waals surface area contributed by atoms with Crippen molar-refractivity contribution in [3.8, 4) is 33.8 Å². The molecule has 0 N–H and O–H groups in total. The number of carbonyl (C=O) groups excluding carboxylic acids is 1. The third-order valence-electron chi connectivity index (χ3n) is 7.51. The number of rotatable bonds is 6. The summed E-state index contributed by atoms with van der Waals surface area (Å²) in [7, 11) is 1.35. The number of alkyl halides is 3. The molecule has 1 aliphatic carbocycles. The second-order valence-corrected chi connectivity index (χ2v) is 9.89. The monoisotopic (exact) mass is 546 g/mol. The Hall–Kier alpha value is -4.40. The average Bonchev–Trinajstić information content (AvgIpc) is 3.56. The van der Waals surface area contributed by atoms with Gasteiger partial charge in [0.15, 0.2) is 0 Å². The molecular weight excluding hydrogens is 521 g/mol. The lowest BCUT2D eigenvalue weighted by Crippen LogP contribution is -2.10. The van der Waals surface area contributed by atoms with E-state index >= 15 is 0 Å². The molecule has 0 fully saturated rings. The molecule has 2 heterocycles. The van der Waals surface area contributed by atoms with E-state index in [0.29, 0.717) is 42.1 Å². The second kappa shape index (κ2) is 10.3.